The summed E-state index contributed by atoms with van der Waals surface area (Å²) >= 11 is 9.08. The molecule has 0 aromatic heterocycles. The number of carbonyl (C=O) groups excluding carboxylic acids is 2. The maximum absolute atomic E-state index is 13.6. The first-order valence-electron chi connectivity index (χ1n) is 7.32. The van der Waals surface area contributed by atoms with E-state index in [0.717, 1.165) is 6.08 Å². The second-order valence-corrected chi connectivity index (χ2v) is 6.35. The quantitative estimate of drug-likeness (QED) is 0.530. The van der Waals surface area contributed by atoms with Gasteiger partial charge in [0.25, 0.3) is 5.91 Å². The smallest absolute Gasteiger partial charge is 0.331 e. The number of anilines is 1. The number of halogens is 3. The van der Waals surface area contributed by atoms with Gasteiger partial charge in [-0.25, -0.2) is 9.18 Å². The lowest BCUT2D eigenvalue weighted by molar-refractivity contribution is -0.142. The van der Waals surface area contributed by atoms with Crippen molar-refractivity contribution in [3.8, 4) is 5.75 Å². The van der Waals surface area contributed by atoms with E-state index in [1.165, 1.54) is 31.4 Å². The fourth-order valence-corrected chi connectivity index (χ4v) is 2.50. The van der Waals surface area contributed by atoms with Crippen LogP contribution in [0, 0.1) is 5.82 Å². The lowest BCUT2D eigenvalue weighted by Crippen LogP contribution is -2.20. The summed E-state index contributed by atoms with van der Waals surface area (Å²) in [5.74, 6) is -1.42. The average molecular weight is 443 g/mol. The highest BCUT2D eigenvalue weighted by Crippen LogP contribution is 2.27. The van der Waals surface area contributed by atoms with Crippen molar-refractivity contribution >= 4 is 51.2 Å². The number of amides is 1. The second kappa shape index (κ2) is 9.35. The van der Waals surface area contributed by atoms with Gasteiger partial charge in [-0.1, -0.05) is 27.5 Å². The summed E-state index contributed by atoms with van der Waals surface area (Å²) in [4.78, 5) is 23.6. The van der Waals surface area contributed by atoms with E-state index in [0.29, 0.717) is 20.9 Å². The van der Waals surface area contributed by atoms with Crippen LogP contribution in [0.4, 0.5) is 10.1 Å². The molecule has 2 rings (SSSR count). The molecule has 0 radical (unpaired) electrons. The minimum Gasteiger partial charge on any atom is -0.495 e. The Morgan fingerprint density at radius 3 is 2.77 bits per heavy atom. The maximum Gasteiger partial charge on any atom is 0.331 e. The molecule has 0 saturated heterocycles. The van der Waals surface area contributed by atoms with Crippen molar-refractivity contribution in [2.24, 2.45) is 0 Å². The summed E-state index contributed by atoms with van der Waals surface area (Å²) in [6.45, 7) is -0.514. The van der Waals surface area contributed by atoms with Crippen LogP contribution in [-0.4, -0.2) is 25.6 Å². The highest BCUT2D eigenvalue weighted by Gasteiger charge is 2.10. The minimum atomic E-state index is -0.780. The zero-order chi connectivity index (χ0) is 19.1. The number of ether oxygens (including phenoxy) is 2. The molecule has 136 valence electrons. The topological polar surface area (TPSA) is 64.6 Å². The molecule has 0 fully saturated rings. The van der Waals surface area contributed by atoms with Crippen molar-refractivity contribution in [3.05, 3.63) is 63.4 Å². The van der Waals surface area contributed by atoms with E-state index in [1.807, 2.05) is 0 Å². The molecule has 0 unspecified atom stereocenters. The molecule has 0 aliphatic heterocycles. The van der Waals surface area contributed by atoms with Crippen LogP contribution in [0.2, 0.25) is 5.02 Å². The number of rotatable bonds is 6. The predicted octanol–water partition coefficient (Wildman–Crippen LogP) is 4.45. The Bertz CT molecular complexity index is 857. The molecule has 2 aromatic carbocycles. The third kappa shape index (κ3) is 5.86. The Morgan fingerprint density at radius 2 is 2.04 bits per heavy atom. The molecule has 5 nitrogen and oxygen atoms in total. The van der Waals surface area contributed by atoms with Crippen molar-refractivity contribution < 1.29 is 23.5 Å². The van der Waals surface area contributed by atoms with Crippen molar-refractivity contribution in [2.45, 2.75) is 0 Å². The summed E-state index contributed by atoms with van der Waals surface area (Å²) in [7, 11) is 1.45. The Kier molecular flexibility index (Phi) is 7.17. The molecule has 0 bridgehead atoms. The second-order valence-electron chi connectivity index (χ2n) is 5.00. The fraction of sp³-hybridized carbons (Fsp3) is 0.111. The minimum absolute atomic E-state index is 0.212. The molecule has 0 aliphatic carbocycles. The first-order chi connectivity index (χ1) is 12.4. The van der Waals surface area contributed by atoms with Crippen molar-refractivity contribution in [1.29, 1.82) is 0 Å². The molecular weight excluding hydrogens is 429 g/mol. The van der Waals surface area contributed by atoms with Crippen LogP contribution in [0.3, 0.4) is 0 Å². The lowest BCUT2D eigenvalue weighted by atomic mass is 10.2. The SMILES string of the molecule is COc1ccc(Cl)cc1NC(=O)COC(=O)/C=C/c1cc(Br)ccc1F. The molecule has 0 spiro atoms. The van der Waals surface area contributed by atoms with E-state index >= 15 is 0 Å². The molecule has 1 amide bonds. The summed E-state index contributed by atoms with van der Waals surface area (Å²) in [5, 5.41) is 2.95. The first kappa shape index (κ1) is 19.9. The van der Waals surface area contributed by atoms with Gasteiger partial charge in [-0.2, -0.15) is 0 Å². The van der Waals surface area contributed by atoms with E-state index in [2.05, 4.69) is 21.2 Å². The number of benzene rings is 2. The molecule has 8 heteroatoms. The highest BCUT2D eigenvalue weighted by atomic mass is 79.9. The maximum atomic E-state index is 13.6. The summed E-state index contributed by atoms with van der Waals surface area (Å²) in [5.41, 5.74) is 0.567. The van der Waals surface area contributed by atoms with Crippen LogP contribution >= 0.6 is 27.5 Å². The van der Waals surface area contributed by atoms with Gasteiger partial charge in [0.1, 0.15) is 11.6 Å². The number of nitrogens with one attached hydrogen (secondary N) is 1. The normalized spacial score (nSPS) is 10.6. The van der Waals surface area contributed by atoms with Crippen LogP contribution in [0.25, 0.3) is 6.08 Å². The van der Waals surface area contributed by atoms with Crippen LogP contribution in [0.5, 0.6) is 5.75 Å². The third-order valence-corrected chi connectivity index (χ3v) is 3.87. The lowest BCUT2D eigenvalue weighted by Gasteiger charge is -2.10. The summed E-state index contributed by atoms with van der Waals surface area (Å²) in [6.07, 6.45) is 2.30. The zero-order valence-corrected chi connectivity index (χ0v) is 15.9. The van der Waals surface area contributed by atoms with E-state index in [1.54, 1.807) is 18.2 Å². The summed E-state index contributed by atoms with van der Waals surface area (Å²) < 4.78 is 24.2. The third-order valence-electron chi connectivity index (χ3n) is 3.14. The average Bonchev–Trinajstić information content (AvgIpc) is 2.61. The number of hydrogen-bond acceptors (Lipinski definition) is 4. The van der Waals surface area contributed by atoms with Crippen LogP contribution in [0.1, 0.15) is 5.56 Å². The van der Waals surface area contributed by atoms with Gasteiger partial charge in [-0.15, -0.1) is 0 Å². The monoisotopic (exact) mass is 441 g/mol. The number of carbonyl (C=O) groups is 2. The van der Waals surface area contributed by atoms with Gasteiger partial charge in [-0.3, -0.25) is 4.79 Å². The molecule has 2 aromatic rings. The van der Waals surface area contributed by atoms with Gasteiger partial charge < -0.3 is 14.8 Å². The van der Waals surface area contributed by atoms with Gasteiger partial charge in [0.2, 0.25) is 0 Å². The Balaban J connectivity index is 1.91. The zero-order valence-electron chi connectivity index (χ0n) is 13.6. The number of hydrogen-bond donors (Lipinski definition) is 1. The van der Waals surface area contributed by atoms with Crippen LogP contribution in [0.15, 0.2) is 46.9 Å². The molecular formula is C18H14BrClFNO4. The largest absolute Gasteiger partial charge is 0.495 e. The molecule has 0 aliphatic rings. The number of methoxy groups -OCH3 is 1. The highest BCUT2D eigenvalue weighted by molar-refractivity contribution is 9.10. The van der Waals surface area contributed by atoms with E-state index in [4.69, 9.17) is 21.1 Å². The van der Waals surface area contributed by atoms with Crippen LogP contribution < -0.4 is 10.1 Å². The van der Waals surface area contributed by atoms with Crippen molar-refractivity contribution in [3.63, 3.8) is 0 Å². The Morgan fingerprint density at radius 1 is 1.27 bits per heavy atom. The van der Waals surface area contributed by atoms with Crippen LogP contribution in [-0.2, 0) is 14.3 Å². The van der Waals surface area contributed by atoms with Crippen molar-refractivity contribution in [1.82, 2.24) is 0 Å². The Hall–Kier alpha value is -2.38. The van der Waals surface area contributed by atoms with E-state index in [-0.39, 0.29) is 5.56 Å². The molecule has 0 saturated carbocycles. The molecule has 1 N–H and O–H groups in total. The van der Waals surface area contributed by atoms with E-state index in [9.17, 15) is 14.0 Å². The van der Waals surface area contributed by atoms with Gasteiger partial charge >= 0.3 is 5.97 Å². The first-order valence-corrected chi connectivity index (χ1v) is 8.49. The predicted molar refractivity (Wildman–Crippen MR) is 101 cm³/mol. The van der Waals surface area contributed by atoms with Gasteiger partial charge in [0.05, 0.1) is 12.8 Å². The molecule has 0 heterocycles. The molecule has 26 heavy (non-hydrogen) atoms. The van der Waals surface area contributed by atoms with Gasteiger partial charge in [0.15, 0.2) is 6.61 Å². The number of esters is 1. The Labute approximate surface area is 162 Å². The van der Waals surface area contributed by atoms with E-state index < -0.39 is 24.3 Å². The van der Waals surface area contributed by atoms with Gasteiger partial charge in [0, 0.05) is 21.1 Å². The summed E-state index contributed by atoms with van der Waals surface area (Å²) in [6, 6.07) is 9.04. The standard InChI is InChI=1S/C18H14BrClFNO4/c1-25-16-6-4-13(20)9-15(16)22-17(23)10-26-18(24)7-2-11-8-12(19)3-5-14(11)21/h2-9H,10H2,1H3,(H,22,23)/b7-2+. The fourth-order valence-electron chi connectivity index (χ4n) is 1.95. The van der Waals surface area contributed by atoms with Gasteiger partial charge in [-0.05, 0) is 42.5 Å². The van der Waals surface area contributed by atoms with Crippen molar-refractivity contribution in [2.75, 3.05) is 19.0 Å². The molecule has 0 atom stereocenters.